The Kier molecular flexibility index (Phi) is 5.09. The predicted octanol–water partition coefficient (Wildman–Crippen LogP) is 4.17. The first kappa shape index (κ1) is 15.7. The Morgan fingerprint density at radius 2 is 1.90 bits per heavy atom. The molecule has 110 valence electrons. The number of halogens is 1. The van der Waals surface area contributed by atoms with Crippen LogP contribution in [-0.2, 0) is 6.42 Å². The van der Waals surface area contributed by atoms with Crippen molar-refractivity contribution in [1.29, 1.82) is 0 Å². The van der Waals surface area contributed by atoms with Gasteiger partial charge in [0.15, 0.2) is 0 Å². The third-order valence-electron chi connectivity index (χ3n) is 3.62. The molecule has 1 unspecified atom stereocenters. The number of nitro groups is 1. The molecule has 5 heteroatoms. The molecule has 0 bridgehead atoms. The van der Waals surface area contributed by atoms with E-state index in [9.17, 15) is 10.1 Å². The minimum atomic E-state index is -0.377. The van der Waals surface area contributed by atoms with Gasteiger partial charge in [-0.25, -0.2) is 0 Å². The van der Waals surface area contributed by atoms with Crippen molar-refractivity contribution in [2.75, 3.05) is 7.05 Å². The Morgan fingerprint density at radius 1 is 1.24 bits per heavy atom. The number of non-ortho nitro benzene ring substituents is 1. The smallest absolute Gasteiger partial charge is 0.269 e. The van der Waals surface area contributed by atoms with Gasteiger partial charge >= 0.3 is 0 Å². The minimum absolute atomic E-state index is 0.124. The minimum Gasteiger partial charge on any atom is -0.313 e. The molecule has 0 heterocycles. The van der Waals surface area contributed by atoms with Gasteiger partial charge in [0.25, 0.3) is 5.69 Å². The lowest BCUT2D eigenvalue weighted by molar-refractivity contribution is -0.384. The summed E-state index contributed by atoms with van der Waals surface area (Å²) in [5, 5.41) is 14.0. The molecule has 0 radical (unpaired) electrons. The van der Waals surface area contributed by atoms with Crippen LogP contribution < -0.4 is 5.32 Å². The lowest BCUT2D eigenvalue weighted by Gasteiger charge is -2.19. The lowest BCUT2D eigenvalue weighted by Crippen LogP contribution is -2.20. The highest BCUT2D eigenvalue weighted by atomic mass is 79.9. The van der Waals surface area contributed by atoms with Gasteiger partial charge in [0, 0.05) is 22.6 Å². The largest absolute Gasteiger partial charge is 0.313 e. The van der Waals surface area contributed by atoms with E-state index in [4.69, 9.17) is 0 Å². The van der Waals surface area contributed by atoms with Crippen molar-refractivity contribution in [3.63, 3.8) is 0 Å². The van der Waals surface area contributed by atoms with Crippen LogP contribution in [0.5, 0.6) is 0 Å². The van der Waals surface area contributed by atoms with Gasteiger partial charge in [-0.15, -0.1) is 0 Å². The Labute approximate surface area is 132 Å². The van der Waals surface area contributed by atoms with E-state index in [1.165, 1.54) is 11.1 Å². The number of nitrogens with zero attached hydrogens (tertiary/aromatic N) is 1. The van der Waals surface area contributed by atoms with Crippen LogP contribution in [0.1, 0.15) is 22.7 Å². The van der Waals surface area contributed by atoms with Crippen molar-refractivity contribution in [2.45, 2.75) is 19.4 Å². The van der Waals surface area contributed by atoms with Crippen molar-refractivity contribution in [3.05, 3.63) is 73.7 Å². The topological polar surface area (TPSA) is 55.2 Å². The quantitative estimate of drug-likeness (QED) is 0.651. The highest BCUT2D eigenvalue weighted by Gasteiger charge is 2.14. The fourth-order valence-corrected chi connectivity index (χ4v) is 2.74. The summed E-state index contributed by atoms with van der Waals surface area (Å²) in [6.45, 7) is 2.08. The van der Waals surface area contributed by atoms with Gasteiger partial charge in [-0.1, -0.05) is 40.2 Å². The monoisotopic (exact) mass is 348 g/mol. The second kappa shape index (κ2) is 6.83. The van der Waals surface area contributed by atoms with E-state index >= 15 is 0 Å². The predicted molar refractivity (Wildman–Crippen MR) is 87.5 cm³/mol. The summed E-state index contributed by atoms with van der Waals surface area (Å²) < 4.78 is 1.09. The molecule has 4 nitrogen and oxygen atoms in total. The number of hydrogen-bond acceptors (Lipinski definition) is 3. The number of nitro benzene ring substituents is 1. The normalized spacial score (nSPS) is 12.1. The molecule has 1 N–H and O–H groups in total. The number of likely N-dealkylation sites (N-methyl/N-ethyl adjacent to an activating group) is 1. The van der Waals surface area contributed by atoms with Crippen LogP contribution >= 0.6 is 15.9 Å². The second-order valence-corrected chi connectivity index (χ2v) is 5.78. The number of hydrogen-bond donors (Lipinski definition) is 1. The van der Waals surface area contributed by atoms with Crippen LogP contribution in [0.25, 0.3) is 0 Å². The highest BCUT2D eigenvalue weighted by molar-refractivity contribution is 9.10. The molecular weight excluding hydrogens is 332 g/mol. The first-order valence-corrected chi connectivity index (χ1v) is 7.48. The maximum atomic E-state index is 10.7. The summed E-state index contributed by atoms with van der Waals surface area (Å²) in [7, 11) is 1.93. The van der Waals surface area contributed by atoms with Gasteiger partial charge in [-0.2, -0.15) is 0 Å². The van der Waals surface area contributed by atoms with E-state index < -0.39 is 0 Å². The molecule has 0 amide bonds. The maximum absolute atomic E-state index is 10.7. The van der Waals surface area contributed by atoms with Crippen LogP contribution in [0.4, 0.5) is 5.69 Å². The fourth-order valence-electron chi connectivity index (χ4n) is 2.36. The van der Waals surface area contributed by atoms with Crippen LogP contribution in [0.3, 0.4) is 0 Å². The summed E-state index contributed by atoms with van der Waals surface area (Å²) in [5.41, 5.74) is 3.63. The lowest BCUT2D eigenvalue weighted by atomic mass is 9.95. The van der Waals surface area contributed by atoms with Gasteiger partial charge < -0.3 is 5.32 Å². The van der Waals surface area contributed by atoms with Crippen molar-refractivity contribution in [1.82, 2.24) is 5.32 Å². The molecular formula is C16H17BrN2O2. The van der Waals surface area contributed by atoms with Crippen molar-refractivity contribution in [2.24, 2.45) is 0 Å². The van der Waals surface area contributed by atoms with E-state index in [1.54, 1.807) is 12.1 Å². The van der Waals surface area contributed by atoms with Crippen molar-refractivity contribution < 1.29 is 4.92 Å². The summed E-state index contributed by atoms with van der Waals surface area (Å²) >= 11 is 3.55. The average Bonchev–Trinajstić information content (AvgIpc) is 2.48. The zero-order chi connectivity index (χ0) is 15.4. The fraction of sp³-hybridized carbons (Fsp3) is 0.250. The highest BCUT2D eigenvalue weighted by Crippen LogP contribution is 2.27. The SMILES string of the molecule is CNC(Cc1ccc([N+](=O)[O-])cc1)c1cccc(Br)c1C. The molecule has 2 rings (SSSR count). The Hall–Kier alpha value is -1.72. The van der Waals surface area contributed by atoms with Crippen LogP contribution in [-0.4, -0.2) is 12.0 Å². The zero-order valence-corrected chi connectivity index (χ0v) is 13.6. The first-order valence-electron chi connectivity index (χ1n) is 6.68. The number of rotatable bonds is 5. The first-order chi connectivity index (χ1) is 10.0. The molecule has 2 aromatic rings. The Bertz CT molecular complexity index is 641. The van der Waals surface area contributed by atoms with Gasteiger partial charge in [0.2, 0.25) is 0 Å². The molecule has 0 aliphatic rings. The summed E-state index contributed by atoms with van der Waals surface area (Å²) in [5.74, 6) is 0. The Morgan fingerprint density at radius 3 is 2.48 bits per heavy atom. The van der Waals surface area contributed by atoms with Crippen LogP contribution in [0.15, 0.2) is 46.9 Å². The van der Waals surface area contributed by atoms with Crippen LogP contribution in [0.2, 0.25) is 0 Å². The molecule has 0 saturated heterocycles. The second-order valence-electron chi connectivity index (χ2n) is 4.92. The molecule has 21 heavy (non-hydrogen) atoms. The molecule has 0 fully saturated rings. The summed E-state index contributed by atoms with van der Waals surface area (Å²) in [6, 6.07) is 13.1. The van der Waals surface area contributed by atoms with Gasteiger partial charge in [-0.3, -0.25) is 10.1 Å². The molecule has 2 aromatic carbocycles. The van der Waals surface area contributed by atoms with Crippen molar-refractivity contribution in [3.8, 4) is 0 Å². The maximum Gasteiger partial charge on any atom is 0.269 e. The molecule has 1 atom stereocenters. The Balaban J connectivity index is 2.23. The zero-order valence-electron chi connectivity index (χ0n) is 12.0. The van der Waals surface area contributed by atoms with Crippen LogP contribution in [0, 0.1) is 17.0 Å². The third-order valence-corrected chi connectivity index (χ3v) is 4.48. The summed E-state index contributed by atoms with van der Waals surface area (Å²) in [6.07, 6.45) is 0.784. The molecule has 0 aliphatic carbocycles. The van der Waals surface area contributed by atoms with Gasteiger partial charge in [-0.05, 0) is 43.1 Å². The van der Waals surface area contributed by atoms with Gasteiger partial charge in [0.1, 0.15) is 0 Å². The standard InChI is InChI=1S/C16H17BrN2O2/c1-11-14(4-3-5-15(11)17)16(18-2)10-12-6-8-13(9-7-12)19(20)21/h3-9,16,18H,10H2,1-2H3. The molecule has 0 saturated carbocycles. The third kappa shape index (κ3) is 3.68. The number of nitrogens with one attached hydrogen (secondary N) is 1. The van der Waals surface area contributed by atoms with E-state index in [0.717, 1.165) is 16.5 Å². The van der Waals surface area contributed by atoms with E-state index in [2.05, 4.69) is 34.2 Å². The van der Waals surface area contributed by atoms with E-state index in [1.807, 2.05) is 31.3 Å². The molecule has 0 spiro atoms. The van der Waals surface area contributed by atoms with Gasteiger partial charge in [0.05, 0.1) is 4.92 Å². The summed E-state index contributed by atoms with van der Waals surface area (Å²) in [4.78, 5) is 10.3. The van der Waals surface area contributed by atoms with E-state index in [0.29, 0.717) is 0 Å². The van der Waals surface area contributed by atoms with Crippen molar-refractivity contribution >= 4 is 21.6 Å². The number of benzene rings is 2. The van der Waals surface area contributed by atoms with E-state index in [-0.39, 0.29) is 16.7 Å². The molecule has 0 aliphatic heterocycles. The molecule has 0 aromatic heterocycles. The average molecular weight is 349 g/mol.